The smallest absolute Gasteiger partial charge is 0.140 e. The molecule has 1 aromatic rings. The molecule has 0 unspecified atom stereocenters. The number of anilines is 1. The zero-order valence-corrected chi connectivity index (χ0v) is 5.61. The van der Waals surface area contributed by atoms with Crippen LogP contribution in [0.4, 0.5) is 5.82 Å². The van der Waals surface area contributed by atoms with E-state index >= 15 is 0 Å². The van der Waals surface area contributed by atoms with E-state index in [9.17, 15) is 0 Å². The highest BCUT2D eigenvalue weighted by molar-refractivity contribution is 7.99. The molecule has 46 valence electrons. The number of aromatic nitrogens is 1. The summed E-state index contributed by atoms with van der Waals surface area (Å²) < 4.78 is 0. The van der Waals surface area contributed by atoms with Crippen LogP contribution in [0.3, 0.4) is 0 Å². The van der Waals surface area contributed by atoms with Gasteiger partial charge in [-0.3, -0.25) is 0 Å². The van der Waals surface area contributed by atoms with Crippen LogP contribution in [0.15, 0.2) is 23.2 Å². The van der Waals surface area contributed by atoms with E-state index in [-0.39, 0.29) is 0 Å². The van der Waals surface area contributed by atoms with E-state index in [0.717, 1.165) is 11.7 Å². The largest absolute Gasteiger partial charge is 0.360 e. The van der Waals surface area contributed by atoms with Gasteiger partial charge < -0.3 is 5.32 Å². The average molecular weight is 138 g/mol. The number of nitrogens with zero attached hydrogens (tertiary/aromatic N) is 1. The van der Waals surface area contributed by atoms with Gasteiger partial charge in [-0.15, -0.1) is 11.8 Å². The molecule has 0 bridgehead atoms. The Hall–Kier alpha value is -0.700. The highest BCUT2D eigenvalue weighted by atomic mass is 32.2. The minimum atomic E-state index is 0.965. The van der Waals surface area contributed by atoms with Crippen molar-refractivity contribution in [2.24, 2.45) is 0 Å². The first-order valence-corrected chi connectivity index (χ1v) is 3.77. The van der Waals surface area contributed by atoms with Crippen molar-refractivity contribution < 1.29 is 0 Å². The van der Waals surface area contributed by atoms with E-state index in [1.54, 1.807) is 18.0 Å². The number of hydrogen-bond acceptors (Lipinski definition) is 3. The third-order valence-electron chi connectivity index (χ3n) is 1.24. The van der Waals surface area contributed by atoms with Gasteiger partial charge in [0.25, 0.3) is 0 Å². The Morgan fingerprint density at radius 3 is 3.56 bits per heavy atom. The SMILES string of the molecule is c1cnc2c(c1)SCN2. The van der Waals surface area contributed by atoms with Crippen LogP contribution in [0, 0.1) is 0 Å². The molecule has 1 N–H and O–H groups in total. The summed E-state index contributed by atoms with van der Waals surface area (Å²) >= 11 is 1.79. The third-order valence-corrected chi connectivity index (χ3v) is 2.17. The van der Waals surface area contributed by atoms with Gasteiger partial charge in [0.2, 0.25) is 0 Å². The first kappa shape index (κ1) is 5.11. The summed E-state index contributed by atoms with van der Waals surface area (Å²) in [5, 5.41) is 3.15. The van der Waals surface area contributed by atoms with Crippen LogP contribution in [0.25, 0.3) is 0 Å². The number of pyridine rings is 1. The Bertz CT molecular complexity index is 201. The Balaban J connectivity index is 2.54. The summed E-state index contributed by atoms with van der Waals surface area (Å²) in [5.41, 5.74) is 0. The van der Waals surface area contributed by atoms with Crippen molar-refractivity contribution in [1.82, 2.24) is 4.98 Å². The molecule has 0 amide bonds. The summed E-state index contributed by atoms with van der Waals surface area (Å²) in [5.74, 6) is 1.99. The first-order chi connectivity index (χ1) is 4.47. The lowest BCUT2D eigenvalue weighted by Gasteiger charge is -1.91. The van der Waals surface area contributed by atoms with Crippen LogP contribution in [0.2, 0.25) is 0 Å². The summed E-state index contributed by atoms with van der Waals surface area (Å²) in [6, 6.07) is 4.03. The molecule has 0 aliphatic carbocycles. The minimum Gasteiger partial charge on any atom is -0.360 e. The number of hydrogen-bond donors (Lipinski definition) is 1. The molecule has 9 heavy (non-hydrogen) atoms. The molecule has 0 spiro atoms. The molecular formula is C6H6N2S. The third kappa shape index (κ3) is 0.772. The Morgan fingerprint density at radius 2 is 2.67 bits per heavy atom. The van der Waals surface area contributed by atoms with Crippen molar-refractivity contribution in [3.05, 3.63) is 18.3 Å². The second kappa shape index (κ2) is 1.92. The van der Waals surface area contributed by atoms with Crippen LogP contribution in [0.5, 0.6) is 0 Å². The molecule has 1 aliphatic heterocycles. The maximum absolute atomic E-state index is 4.13. The van der Waals surface area contributed by atoms with Crippen LogP contribution in [0.1, 0.15) is 0 Å². The number of thioether (sulfide) groups is 1. The van der Waals surface area contributed by atoms with Crippen molar-refractivity contribution in [3.8, 4) is 0 Å². The normalized spacial score (nSPS) is 14.7. The van der Waals surface area contributed by atoms with Crippen LogP contribution in [-0.2, 0) is 0 Å². The molecule has 2 rings (SSSR count). The number of fused-ring (bicyclic) bond motifs is 1. The zero-order chi connectivity index (χ0) is 6.10. The second-order valence-electron chi connectivity index (χ2n) is 1.82. The lowest BCUT2D eigenvalue weighted by atomic mass is 10.5. The second-order valence-corrected chi connectivity index (χ2v) is 2.83. The maximum Gasteiger partial charge on any atom is 0.140 e. The standard InChI is InChI=1S/C6H6N2S/c1-2-5-6(7-3-1)8-4-9-5/h1-3H,4H2,(H,7,8). The predicted molar refractivity (Wildman–Crippen MR) is 38.6 cm³/mol. The summed E-state index contributed by atoms with van der Waals surface area (Å²) in [4.78, 5) is 5.39. The van der Waals surface area contributed by atoms with Gasteiger partial charge in [-0.2, -0.15) is 0 Å². The molecule has 0 atom stereocenters. The number of nitrogens with one attached hydrogen (secondary N) is 1. The monoisotopic (exact) mass is 138 g/mol. The fourth-order valence-corrected chi connectivity index (χ4v) is 1.62. The van der Waals surface area contributed by atoms with E-state index in [1.807, 2.05) is 6.07 Å². The van der Waals surface area contributed by atoms with E-state index in [1.165, 1.54) is 4.90 Å². The highest BCUT2D eigenvalue weighted by Gasteiger charge is 2.08. The van der Waals surface area contributed by atoms with E-state index < -0.39 is 0 Å². The van der Waals surface area contributed by atoms with Gasteiger partial charge >= 0.3 is 0 Å². The van der Waals surface area contributed by atoms with Crippen molar-refractivity contribution in [3.63, 3.8) is 0 Å². The van der Waals surface area contributed by atoms with Gasteiger partial charge in [0.15, 0.2) is 0 Å². The Morgan fingerprint density at radius 1 is 1.67 bits per heavy atom. The summed E-state index contributed by atoms with van der Waals surface area (Å²) in [6.07, 6.45) is 1.80. The van der Waals surface area contributed by atoms with E-state index in [4.69, 9.17) is 0 Å². The van der Waals surface area contributed by atoms with Gasteiger partial charge in [-0.25, -0.2) is 4.98 Å². The van der Waals surface area contributed by atoms with Gasteiger partial charge in [0.1, 0.15) is 5.82 Å². The topological polar surface area (TPSA) is 24.9 Å². The summed E-state index contributed by atoms with van der Waals surface area (Å²) in [7, 11) is 0. The van der Waals surface area contributed by atoms with Crippen LogP contribution < -0.4 is 5.32 Å². The minimum absolute atomic E-state index is 0.965. The van der Waals surface area contributed by atoms with Gasteiger partial charge in [0, 0.05) is 6.20 Å². The van der Waals surface area contributed by atoms with Gasteiger partial charge in [0.05, 0.1) is 10.8 Å². The molecule has 0 saturated heterocycles. The number of rotatable bonds is 0. The van der Waals surface area contributed by atoms with Crippen LogP contribution in [-0.4, -0.2) is 10.9 Å². The fourth-order valence-electron chi connectivity index (χ4n) is 0.822. The fraction of sp³-hybridized carbons (Fsp3) is 0.167. The zero-order valence-electron chi connectivity index (χ0n) is 4.79. The first-order valence-electron chi connectivity index (χ1n) is 2.78. The van der Waals surface area contributed by atoms with Crippen molar-refractivity contribution >= 4 is 17.6 Å². The molecule has 2 nitrogen and oxygen atoms in total. The lowest BCUT2D eigenvalue weighted by Crippen LogP contribution is -1.89. The molecule has 0 fully saturated rings. The maximum atomic E-state index is 4.13. The lowest BCUT2D eigenvalue weighted by molar-refractivity contribution is 1.23. The molecule has 0 saturated carbocycles. The van der Waals surface area contributed by atoms with Crippen molar-refractivity contribution in [2.75, 3.05) is 11.2 Å². The molecule has 1 aromatic heterocycles. The average Bonchev–Trinajstić information content (AvgIpc) is 2.33. The molecule has 0 aromatic carbocycles. The molecular weight excluding hydrogens is 132 g/mol. The Labute approximate surface area is 57.7 Å². The molecule has 1 aliphatic rings. The predicted octanol–water partition coefficient (Wildman–Crippen LogP) is 1.56. The molecule has 3 heteroatoms. The summed E-state index contributed by atoms with van der Waals surface area (Å²) in [6.45, 7) is 0. The van der Waals surface area contributed by atoms with Gasteiger partial charge in [-0.1, -0.05) is 0 Å². The van der Waals surface area contributed by atoms with E-state index in [0.29, 0.717) is 0 Å². The van der Waals surface area contributed by atoms with Crippen molar-refractivity contribution in [2.45, 2.75) is 4.90 Å². The van der Waals surface area contributed by atoms with E-state index in [2.05, 4.69) is 16.4 Å². The quantitative estimate of drug-likeness (QED) is 0.589. The highest BCUT2D eigenvalue weighted by Crippen LogP contribution is 2.30. The Kier molecular flexibility index (Phi) is 1.09. The molecule has 0 radical (unpaired) electrons. The molecule has 2 heterocycles. The van der Waals surface area contributed by atoms with Gasteiger partial charge in [-0.05, 0) is 12.1 Å². The van der Waals surface area contributed by atoms with Crippen molar-refractivity contribution in [1.29, 1.82) is 0 Å². The van der Waals surface area contributed by atoms with Crippen LogP contribution >= 0.6 is 11.8 Å².